The van der Waals surface area contributed by atoms with Gasteiger partial charge in [0, 0.05) is 0 Å². The smallest absolute Gasteiger partial charge is 0.417 e. The maximum Gasteiger partial charge on any atom is 0.417 e. The van der Waals surface area contributed by atoms with E-state index in [1.165, 1.54) is 11.9 Å². The Morgan fingerprint density at radius 2 is 2.64 bits per heavy atom. The highest BCUT2D eigenvalue weighted by molar-refractivity contribution is 7.97. The second-order valence-electron chi connectivity index (χ2n) is 2.26. The second-order valence-corrected chi connectivity index (χ2v) is 3.04. The minimum atomic E-state index is -0.427. The number of hydrogen-bond donors (Lipinski definition) is 3. The molecule has 1 amide bonds. The van der Waals surface area contributed by atoms with Crippen molar-refractivity contribution in [3.63, 3.8) is 0 Å². The molecule has 3 N–H and O–H groups in total. The van der Waals surface area contributed by atoms with Crippen LogP contribution in [0.2, 0.25) is 0 Å². The molecule has 0 atom stereocenters. The summed E-state index contributed by atoms with van der Waals surface area (Å²) in [6.07, 6.45) is 1.22. The fourth-order valence-electron chi connectivity index (χ4n) is 0.724. The number of aromatic nitrogens is 2. The Kier molecular flexibility index (Phi) is 4.70. The van der Waals surface area contributed by atoms with Crippen molar-refractivity contribution in [3.8, 4) is 0 Å². The first-order valence-corrected chi connectivity index (χ1v) is 5.09. The van der Waals surface area contributed by atoms with E-state index in [4.69, 9.17) is 0 Å². The van der Waals surface area contributed by atoms with Gasteiger partial charge in [-0.2, -0.15) is 5.10 Å². The summed E-state index contributed by atoms with van der Waals surface area (Å²) in [5.74, 6) is 1.35. The molecule has 6 nitrogen and oxygen atoms in total. The SMILES string of the molecule is CCOC(=O)NSCNc1ccn[nH]1. The van der Waals surface area contributed by atoms with Crippen LogP contribution in [0.4, 0.5) is 10.6 Å². The maximum atomic E-state index is 10.8. The molecule has 0 spiro atoms. The van der Waals surface area contributed by atoms with E-state index >= 15 is 0 Å². The van der Waals surface area contributed by atoms with Gasteiger partial charge in [0.05, 0.1) is 18.7 Å². The molecule has 0 unspecified atom stereocenters. The minimum Gasteiger partial charge on any atom is -0.449 e. The summed E-state index contributed by atoms with van der Waals surface area (Å²) in [5.41, 5.74) is 0. The van der Waals surface area contributed by atoms with E-state index in [1.54, 1.807) is 19.2 Å². The number of hydrogen-bond acceptors (Lipinski definition) is 5. The number of rotatable bonds is 5. The highest BCUT2D eigenvalue weighted by Gasteiger charge is 1.98. The number of carbonyl (C=O) groups excluding carboxylic acids is 1. The van der Waals surface area contributed by atoms with Crippen LogP contribution in [0, 0.1) is 0 Å². The first-order chi connectivity index (χ1) is 6.83. The van der Waals surface area contributed by atoms with Crippen LogP contribution in [-0.2, 0) is 4.74 Å². The summed E-state index contributed by atoms with van der Waals surface area (Å²) < 4.78 is 7.17. The van der Waals surface area contributed by atoms with Crippen molar-refractivity contribution < 1.29 is 9.53 Å². The highest BCUT2D eigenvalue weighted by atomic mass is 32.2. The molecule has 1 rings (SSSR count). The van der Waals surface area contributed by atoms with Crippen molar-refractivity contribution in [2.24, 2.45) is 0 Å². The van der Waals surface area contributed by atoms with E-state index in [9.17, 15) is 4.79 Å². The Morgan fingerprint density at radius 3 is 3.29 bits per heavy atom. The number of H-pyrrole nitrogens is 1. The summed E-state index contributed by atoms with van der Waals surface area (Å²) >= 11 is 1.22. The zero-order valence-corrected chi connectivity index (χ0v) is 8.56. The molecule has 1 heterocycles. The van der Waals surface area contributed by atoms with E-state index in [1.807, 2.05) is 0 Å². The lowest BCUT2D eigenvalue weighted by Crippen LogP contribution is -2.19. The number of ether oxygens (including phenoxy) is 1. The van der Waals surface area contributed by atoms with Gasteiger partial charge in [0.1, 0.15) is 5.82 Å². The number of anilines is 1. The van der Waals surface area contributed by atoms with Gasteiger partial charge in [-0.15, -0.1) is 0 Å². The van der Waals surface area contributed by atoms with E-state index in [2.05, 4.69) is 25.0 Å². The summed E-state index contributed by atoms with van der Waals surface area (Å²) in [6, 6.07) is 1.80. The summed E-state index contributed by atoms with van der Waals surface area (Å²) in [5, 5.41) is 9.49. The van der Waals surface area contributed by atoms with Crippen LogP contribution in [0.5, 0.6) is 0 Å². The standard InChI is InChI=1S/C7H12N4O2S/c1-2-13-7(12)11-14-5-8-6-3-4-9-10-6/h3-4H,2,5H2,1H3,(H,11,12)(H2,8,9,10). The average molecular weight is 216 g/mol. The van der Waals surface area contributed by atoms with Crippen molar-refractivity contribution in [2.45, 2.75) is 6.92 Å². The molecule has 0 bridgehead atoms. The molecule has 0 saturated heterocycles. The number of nitrogens with zero attached hydrogens (tertiary/aromatic N) is 1. The zero-order chi connectivity index (χ0) is 10.2. The molecule has 0 radical (unpaired) electrons. The van der Waals surface area contributed by atoms with Crippen LogP contribution in [0.15, 0.2) is 12.3 Å². The van der Waals surface area contributed by atoms with Gasteiger partial charge in [-0.25, -0.2) is 4.79 Å². The van der Waals surface area contributed by atoms with Crippen molar-refractivity contribution >= 4 is 23.9 Å². The van der Waals surface area contributed by atoms with Gasteiger partial charge >= 0.3 is 6.09 Å². The molecule has 0 aromatic carbocycles. The fourth-order valence-corrected chi connectivity index (χ4v) is 1.20. The Morgan fingerprint density at radius 1 is 1.79 bits per heavy atom. The van der Waals surface area contributed by atoms with Crippen molar-refractivity contribution in [1.82, 2.24) is 14.9 Å². The molecular formula is C7H12N4O2S. The topological polar surface area (TPSA) is 79.0 Å². The lowest BCUT2D eigenvalue weighted by atomic mass is 10.6. The molecule has 1 aromatic heterocycles. The van der Waals surface area contributed by atoms with Crippen molar-refractivity contribution in [1.29, 1.82) is 0 Å². The molecule has 14 heavy (non-hydrogen) atoms. The van der Waals surface area contributed by atoms with Crippen LogP contribution < -0.4 is 10.0 Å². The molecule has 78 valence electrons. The maximum absolute atomic E-state index is 10.8. The molecule has 7 heteroatoms. The third-order valence-electron chi connectivity index (χ3n) is 1.27. The number of carbonyl (C=O) groups is 1. The number of amides is 1. The molecule has 0 aliphatic heterocycles. The number of nitrogens with one attached hydrogen (secondary N) is 3. The Hall–Kier alpha value is -1.37. The second kappa shape index (κ2) is 6.14. The largest absolute Gasteiger partial charge is 0.449 e. The van der Waals surface area contributed by atoms with Gasteiger partial charge < -0.3 is 10.1 Å². The van der Waals surface area contributed by atoms with Gasteiger partial charge in [0.25, 0.3) is 0 Å². The third-order valence-corrected chi connectivity index (χ3v) is 1.87. The van der Waals surface area contributed by atoms with Crippen LogP contribution in [-0.4, -0.2) is 28.8 Å². The molecule has 0 fully saturated rings. The van der Waals surface area contributed by atoms with E-state index < -0.39 is 6.09 Å². The predicted molar refractivity (Wildman–Crippen MR) is 54.8 cm³/mol. The van der Waals surface area contributed by atoms with Crippen molar-refractivity contribution in [3.05, 3.63) is 12.3 Å². The highest BCUT2D eigenvalue weighted by Crippen LogP contribution is 2.01. The summed E-state index contributed by atoms with van der Waals surface area (Å²) in [6.45, 7) is 2.13. The van der Waals surface area contributed by atoms with Gasteiger partial charge in [0.2, 0.25) is 0 Å². The van der Waals surface area contributed by atoms with Crippen LogP contribution in [0.1, 0.15) is 6.92 Å². The Balaban J connectivity index is 2.02. The van der Waals surface area contributed by atoms with Gasteiger partial charge in [-0.05, 0) is 24.9 Å². The van der Waals surface area contributed by atoms with E-state index in [-0.39, 0.29) is 0 Å². The zero-order valence-electron chi connectivity index (χ0n) is 7.74. The molecular weight excluding hydrogens is 204 g/mol. The summed E-state index contributed by atoms with van der Waals surface area (Å²) in [7, 11) is 0. The van der Waals surface area contributed by atoms with Gasteiger partial charge in [-0.3, -0.25) is 9.82 Å². The minimum absolute atomic E-state index is 0.375. The van der Waals surface area contributed by atoms with Crippen LogP contribution >= 0.6 is 11.9 Å². The summed E-state index contributed by atoms with van der Waals surface area (Å²) in [4.78, 5) is 10.8. The van der Waals surface area contributed by atoms with E-state index in [0.717, 1.165) is 5.82 Å². The Labute approximate surface area is 85.9 Å². The third kappa shape index (κ3) is 4.04. The normalized spacial score (nSPS) is 9.50. The quantitative estimate of drug-likeness (QED) is 0.391. The monoisotopic (exact) mass is 216 g/mol. The molecule has 0 aliphatic carbocycles. The average Bonchev–Trinajstić information content (AvgIpc) is 2.65. The molecule has 0 saturated carbocycles. The van der Waals surface area contributed by atoms with Crippen LogP contribution in [0.3, 0.4) is 0 Å². The van der Waals surface area contributed by atoms with E-state index in [0.29, 0.717) is 12.5 Å². The van der Waals surface area contributed by atoms with Crippen molar-refractivity contribution in [2.75, 3.05) is 17.8 Å². The fraction of sp³-hybridized carbons (Fsp3) is 0.429. The van der Waals surface area contributed by atoms with Gasteiger partial charge in [0.15, 0.2) is 0 Å². The molecule has 0 aliphatic rings. The lowest BCUT2D eigenvalue weighted by Gasteiger charge is -2.04. The first-order valence-electron chi connectivity index (χ1n) is 4.10. The number of aromatic amines is 1. The lowest BCUT2D eigenvalue weighted by molar-refractivity contribution is 0.159. The first kappa shape index (κ1) is 10.7. The molecule has 1 aromatic rings. The predicted octanol–water partition coefficient (Wildman–Crippen LogP) is 1.17. The van der Waals surface area contributed by atoms with Crippen LogP contribution in [0.25, 0.3) is 0 Å². The Bertz CT molecular complexity index is 265. The van der Waals surface area contributed by atoms with Gasteiger partial charge in [-0.1, -0.05) is 0 Å².